The van der Waals surface area contributed by atoms with Crippen molar-refractivity contribution in [1.82, 2.24) is 9.13 Å². The van der Waals surface area contributed by atoms with Gasteiger partial charge < -0.3 is 23.0 Å². The third-order valence-corrected chi connectivity index (χ3v) is 21.2. The molecule has 14 aromatic rings. The first-order valence-corrected chi connectivity index (χ1v) is 30.3. The van der Waals surface area contributed by atoms with Gasteiger partial charge in [0.1, 0.15) is 11.5 Å². The molecule has 0 fully saturated rings. The van der Waals surface area contributed by atoms with E-state index < -0.39 is 14.3 Å². The fraction of sp³-hybridized carbons (Fsp3) is 0. The lowest BCUT2D eigenvalue weighted by molar-refractivity contribution is 0.103. The van der Waals surface area contributed by atoms with E-state index in [0.29, 0.717) is 33.2 Å². The summed E-state index contributed by atoms with van der Waals surface area (Å²) in [6.45, 7) is 0. The summed E-state index contributed by atoms with van der Waals surface area (Å²) in [7, 11) is -6.63. The molecule has 0 unspecified atom stereocenters. The maximum atomic E-state index is 15.2. The summed E-state index contributed by atoms with van der Waals surface area (Å²) in [5, 5.41) is 8.93. The minimum Gasteiger partial charge on any atom is -0.456 e. The Kier molecular flexibility index (Phi) is 13.6. The number of ether oxygens (including phenoxy) is 1. The number of ketones is 1. The molecule has 0 N–H and O–H groups in total. The van der Waals surface area contributed by atoms with E-state index in [1.165, 1.54) is 21.5 Å². The van der Waals surface area contributed by atoms with Crippen molar-refractivity contribution in [3.8, 4) is 22.9 Å². The van der Waals surface area contributed by atoms with Gasteiger partial charge in [-0.05, 0) is 97.1 Å². The van der Waals surface area contributed by atoms with Crippen molar-refractivity contribution in [2.75, 3.05) is 0 Å². The number of benzene rings is 12. The molecule has 0 radical (unpaired) electrons. The molecule has 0 aliphatic heterocycles. The lowest BCUT2D eigenvalue weighted by Gasteiger charge is -2.25. The van der Waals surface area contributed by atoms with Gasteiger partial charge in [0.25, 0.3) is 0 Å². The Morgan fingerprint density at radius 3 is 0.815 bits per heavy atom. The number of rotatable bonds is 12. The first-order valence-electron chi connectivity index (χ1n) is 26.9. The predicted molar refractivity (Wildman–Crippen MR) is 337 cm³/mol. The van der Waals surface area contributed by atoms with Gasteiger partial charge in [-0.1, -0.05) is 218 Å². The number of carbonyl (C=O) groups excluding carboxylic acids is 1. The third kappa shape index (κ3) is 9.21. The fourth-order valence-corrected chi connectivity index (χ4v) is 16.8. The van der Waals surface area contributed by atoms with Gasteiger partial charge in [0, 0.05) is 65.3 Å². The molecule has 0 amide bonds. The van der Waals surface area contributed by atoms with Crippen LogP contribution >= 0.6 is 14.3 Å². The fourth-order valence-electron chi connectivity index (χ4n) is 11.2. The van der Waals surface area contributed by atoms with Crippen molar-refractivity contribution >= 4 is 95.5 Å². The smallest absolute Gasteiger partial charge is 0.193 e. The maximum absolute atomic E-state index is 15.2. The molecule has 0 saturated carbocycles. The largest absolute Gasteiger partial charge is 0.456 e. The van der Waals surface area contributed by atoms with Crippen LogP contribution in [0.4, 0.5) is 0 Å². The molecule has 12 aromatic carbocycles. The van der Waals surface area contributed by atoms with Crippen LogP contribution in [0.1, 0.15) is 15.9 Å². The minimum absolute atomic E-state index is 0.0162. The SMILES string of the molecule is O=C(c1ccc(-n2c3ccccc3c3ccccc32)cc1)c1ccc(-n2c3ccccc3c3ccccc32)cc1.O=P(c1ccccc1)(c1ccccc1)c1ccccc1Oc1ccccc1P(=O)(c1ccccc1)c1ccccc1. The molecule has 0 aliphatic rings. The lowest BCUT2D eigenvalue weighted by Crippen LogP contribution is -2.27. The summed E-state index contributed by atoms with van der Waals surface area (Å²) in [5.74, 6) is 0.940. The molecule has 0 aliphatic carbocycles. The van der Waals surface area contributed by atoms with Crippen molar-refractivity contribution in [2.45, 2.75) is 0 Å². The number of nitrogens with zero attached hydrogens (tertiary/aromatic N) is 2. The van der Waals surface area contributed by atoms with E-state index in [4.69, 9.17) is 4.74 Å². The van der Waals surface area contributed by atoms with Gasteiger partial charge in [0.2, 0.25) is 0 Å². The highest BCUT2D eigenvalue weighted by molar-refractivity contribution is 7.86. The monoisotopic (exact) mass is 1080 g/mol. The zero-order valence-corrected chi connectivity index (χ0v) is 45.7. The van der Waals surface area contributed by atoms with E-state index in [2.05, 4.69) is 106 Å². The normalized spacial score (nSPS) is 11.6. The Balaban J connectivity index is 0.000000153. The molecule has 2 aromatic heterocycles. The second-order valence-corrected chi connectivity index (χ2v) is 25.2. The summed E-state index contributed by atoms with van der Waals surface area (Å²) in [4.78, 5) is 13.5. The number of para-hydroxylation sites is 6. The van der Waals surface area contributed by atoms with Gasteiger partial charge in [-0.15, -0.1) is 0 Å². The molecule has 388 valence electrons. The highest BCUT2D eigenvalue weighted by Crippen LogP contribution is 2.48. The molecule has 0 atom stereocenters. The van der Waals surface area contributed by atoms with Crippen LogP contribution in [0, 0.1) is 0 Å². The quantitative estimate of drug-likeness (QED) is 0.0903. The molecule has 0 bridgehead atoms. The second kappa shape index (κ2) is 21.8. The Labute approximate surface area is 470 Å². The topological polar surface area (TPSA) is 70.3 Å². The van der Waals surface area contributed by atoms with Crippen LogP contribution in [0.15, 0.2) is 315 Å². The predicted octanol–water partition coefficient (Wildman–Crippen LogP) is 15.9. The molecule has 0 spiro atoms. The summed E-state index contributed by atoms with van der Waals surface area (Å²) in [6.07, 6.45) is 0. The van der Waals surface area contributed by atoms with Crippen LogP contribution in [0.25, 0.3) is 55.0 Å². The number of aromatic nitrogens is 2. The Hall–Kier alpha value is -9.83. The van der Waals surface area contributed by atoms with Crippen molar-refractivity contribution in [1.29, 1.82) is 0 Å². The number of hydrogen-bond donors (Lipinski definition) is 0. The number of hydrogen-bond acceptors (Lipinski definition) is 4. The molecule has 2 heterocycles. The van der Waals surface area contributed by atoms with E-state index in [1.807, 2.05) is 218 Å². The van der Waals surface area contributed by atoms with E-state index in [0.717, 1.165) is 54.7 Å². The van der Waals surface area contributed by atoms with Crippen molar-refractivity contribution in [3.63, 3.8) is 0 Å². The lowest BCUT2D eigenvalue weighted by atomic mass is 10.0. The second-order valence-electron chi connectivity index (χ2n) is 19.8. The minimum atomic E-state index is -3.32. The van der Waals surface area contributed by atoms with Crippen molar-refractivity contribution < 1.29 is 18.7 Å². The van der Waals surface area contributed by atoms with Crippen LogP contribution in [-0.4, -0.2) is 14.9 Å². The third-order valence-electron chi connectivity index (χ3n) is 15.0. The standard InChI is InChI=1S/C37H24N2O.C36H28O3P2/c40-37(25-17-21-27(22-18-25)38-33-13-5-1-9-29(33)30-10-2-6-14-34(30)38)26-19-23-28(24-20-26)39-35-15-7-3-11-31(35)32-12-4-8-16-36(32)39;37-40(29-17-5-1-6-18-29,30-19-7-2-8-20-30)35-27-15-13-25-33(35)39-34-26-14-16-28-36(34)41(38,31-21-9-3-10-22-31)32-23-11-4-12-24-32/h1-24H;1-28H. The Morgan fingerprint density at radius 1 is 0.272 bits per heavy atom. The zero-order chi connectivity index (χ0) is 54.8. The van der Waals surface area contributed by atoms with Crippen LogP contribution in [-0.2, 0) is 9.13 Å². The average molecular weight is 1080 g/mol. The summed E-state index contributed by atoms with van der Waals surface area (Å²) >= 11 is 0. The molecule has 81 heavy (non-hydrogen) atoms. The van der Waals surface area contributed by atoms with Gasteiger partial charge >= 0.3 is 0 Å². The maximum Gasteiger partial charge on any atom is 0.193 e. The van der Waals surface area contributed by atoms with Gasteiger partial charge in [-0.25, -0.2) is 0 Å². The first kappa shape index (κ1) is 50.7. The van der Waals surface area contributed by atoms with Crippen LogP contribution < -0.4 is 36.6 Å². The molecule has 6 nitrogen and oxygen atoms in total. The van der Waals surface area contributed by atoms with Crippen molar-refractivity contribution in [3.05, 3.63) is 327 Å². The highest BCUT2D eigenvalue weighted by Gasteiger charge is 2.35. The van der Waals surface area contributed by atoms with Crippen LogP contribution in [0.2, 0.25) is 0 Å². The average Bonchev–Trinajstić information content (AvgIpc) is 4.15. The number of carbonyl (C=O) groups is 1. The summed E-state index contributed by atoms with van der Waals surface area (Å²) in [5.41, 5.74) is 8.05. The van der Waals surface area contributed by atoms with Gasteiger partial charge in [0.05, 0.1) is 32.7 Å². The Morgan fingerprint density at radius 2 is 0.519 bits per heavy atom. The summed E-state index contributed by atoms with van der Waals surface area (Å²) < 4.78 is 41.6. The Bertz CT molecular complexity index is 4180. The summed E-state index contributed by atoms with van der Waals surface area (Å²) in [6, 6.07) is 103. The molecule has 14 rings (SSSR count). The zero-order valence-electron chi connectivity index (χ0n) is 43.9. The first-order chi connectivity index (χ1) is 39.9. The van der Waals surface area contributed by atoms with E-state index in [-0.39, 0.29) is 5.78 Å². The van der Waals surface area contributed by atoms with Crippen LogP contribution in [0.3, 0.4) is 0 Å². The van der Waals surface area contributed by atoms with Gasteiger partial charge in [0.15, 0.2) is 20.1 Å². The van der Waals surface area contributed by atoms with Gasteiger partial charge in [-0.3, -0.25) is 4.79 Å². The highest BCUT2D eigenvalue weighted by atomic mass is 31.2. The van der Waals surface area contributed by atoms with Crippen molar-refractivity contribution in [2.24, 2.45) is 0 Å². The van der Waals surface area contributed by atoms with Gasteiger partial charge in [-0.2, -0.15) is 0 Å². The molecular formula is C73H52N2O4P2. The van der Waals surface area contributed by atoms with E-state index in [1.54, 1.807) is 0 Å². The molecule has 0 saturated heterocycles. The van der Waals surface area contributed by atoms with E-state index in [9.17, 15) is 4.79 Å². The molecular weight excluding hydrogens is 1030 g/mol. The van der Waals surface area contributed by atoms with Crippen LogP contribution in [0.5, 0.6) is 11.5 Å². The number of fused-ring (bicyclic) bond motifs is 6. The molecule has 8 heteroatoms. The van der Waals surface area contributed by atoms with E-state index >= 15 is 9.13 Å².